The number of aryl methyl sites for hydroxylation is 1. The summed E-state index contributed by atoms with van der Waals surface area (Å²) in [6, 6.07) is 17.7. The topological polar surface area (TPSA) is 117 Å². The number of halogens is 1. The first-order valence-corrected chi connectivity index (χ1v) is 13.1. The van der Waals surface area contributed by atoms with Crippen molar-refractivity contribution in [3.8, 4) is 11.5 Å². The number of nitrogens with zero attached hydrogens (tertiary/aromatic N) is 1. The standard InChI is InChI=1S/C25H26BrN3O5S/c1-3-34-23-14-18(13-21(26)25(23)31)16-27-28-24(30)15-22(19-7-5-4-6-8-19)29-35(32,33)20-11-9-17(2)10-12-20/h4-14,16,22,29,31H,3,15H2,1-2H3,(H,28,30)/b27-16-/t22-/m0/s1. The van der Waals surface area contributed by atoms with Crippen molar-refractivity contribution in [1.29, 1.82) is 0 Å². The Morgan fingerprint density at radius 2 is 1.83 bits per heavy atom. The van der Waals surface area contributed by atoms with Gasteiger partial charge in [0.25, 0.3) is 0 Å². The highest BCUT2D eigenvalue weighted by Crippen LogP contribution is 2.35. The number of hydrogen-bond acceptors (Lipinski definition) is 6. The normalized spacial score (nSPS) is 12.4. The van der Waals surface area contributed by atoms with Gasteiger partial charge < -0.3 is 9.84 Å². The smallest absolute Gasteiger partial charge is 0.242 e. The van der Waals surface area contributed by atoms with Gasteiger partial charge in [0.05, 0.1) is 28.2 Å². The van der Waals surface area contributed by atoms with Gasteiger partial charge in [-0.2, -0.15) is 5.10 Å². The van der Waals surface area contributed by atoms with Crippen molar-refractivity contribution < 1.29 is 23.1 Å². The maximum absolute atomic E-state index is 12.9. The summed E-state index contributed by atoms with van der Waals surface area (Å²) in [6.45, 7) is 4.04. The molecule has 3 rings (SSSR count). The zero-order valence-corrected chi connectivity index (χ0v) is 21.6. The minimum absolute atomic E-state index is 0.0281. The van der Waals surface area contributed by atoms with Crippen molar-refractivity contribution in [3.63, 3.8) is 0 Å². The first kappa shape index (κ1) is 26.4. The summed E-state index contributed by atoms with van der Waals surface area (Å²) in [4.78, 5) is 12.8. The number of sulfonamides is 1. The van der Waals surface area contributed by atoms with E-state index in [0.29, 0.717) is 22.2 Å². The van der Waals surface area contributed by atoms with Crippen LogP contribution >= 0.6 is 15.9 Å². The second kappa shape index (κ2) is 12.0. The number of phenols is 1. The minimum atomic E-state index is -3.86. The molecule has 0 unspecified atom stereocenters. The van der Waals surface area contributed by atoms with E-state index in [4.69, 9.17) is 4.74 Å². The zero-order chi connectivity index (χ0) is 25.4. The Labute approximate surface area is 213 Å². The van der Waals surface area contributed by atoms with Crippen LogP contribution in [0.5, 0.6) is 11.5 Å². The molecule has 0 fully saturated rings. The lowest BCUT2D eigenvalue weighted by Crippen LogP contribution is -2.32. The summed E-state index contributed by atoms with van der Waals surface area (Å²) in [5, 5.41) is 14.0. The molecule has 3 N–H and O–H groups in total. The van der Waals surface area contributed by atoms with Crippen molar-refractivity contribution in [1.82, 2.24) is 10.1 Å². The average molecular weight is 560 g/mol. The number of rotatable bonds is 10. The van der Waals surface area contributed by atoms with E-state index in [-0.39, 0.29) is 22.8 Å². The molecule has 1 atom stereocenters. The molecule has 0 saturated heterocycles. The van der Waals surface area contributed by atoms with Crippen LogP contribution in [0.4, 0.5) is 0 Å². The van der Waals surface area contributed by atoms with E-state index in [2.05, 4.69) is 31.2 Å². The molecular weight excluding hydrogens is 534 g/mol. The number of amides is 1. The molecule has 8 nitrogen and oxygen atoms in total. The molecule has 3 aromatic rings. The van der Waals surface area contributed by atoms with Crippen molar-refractivity contribution in [2.75, 3.05) is 6.61 Å². The Kier molecular flexibility index (Phi) is 9.02. The zero-order valence-electron chi connectivity index (χ0n) is 19.2. The number of carbonyl (C=O) groups is 1. The number of hydrazone groups is 1. The van der Waals surface area contributed by atoms with Crippen LogP contribution in [-0.2, 0) is 14.8 Å². The molecule has 0 aliphatic carbocycles. The molecule has 0 aromatic heterocycles. The number of nitrogens with one attached hydrogen (secondary N) is 2. The lowest BCUT2D eigenvalue weighted by molar-refractivity contribution is -0.121. The van der Waals surface area contributed by atoms with E-state index in [1.54, 1.807) is 55.5 Å². The number of phenolic OH excluding ortho intramolecular Hbond substituents is 1. The van der Waals surface area contributed by atoms with Crippen LogP contribution in [0.2, 0.25) is 0 Å². The Morgan fingerprint density at radius 1 is 1.14 bits per heavy atom. The van der Waals surface area contributed by atoms with E-state index in [0.717, 1.165) is 5.56 Å². The monoisotopic (exact) mass is 559 g/mol. The van der Waals surface area contributed by atoms with E-state index >= 15 is 0 Å². The molecule has 0 heterocycles. The summed E-state index contributed by atoms with van der Waals surface area (Å²) in [5.74, 6) is -0.228. The molecule has 0 aliphatic heterocycles. The summed E-state index contributed by atoms with van der Waals surface area (Å²) >= 11 is 3.25. The Hall–Kier alpha value is -3.21. The molecule has 10 heteroatoms. The highest BCUT2D eigenvalue weighted by Gasteiger charge is 2.23. The third-order valence-electron chi connectivity index (χ3n) is 4.97. The van der Waals surface area contributed by atoms with Gasteiger partial charge >= 0.3 is 0 Å². The van der Waals surface area contributed by atoms with Gasteiger partial charge in [-0.1, -0.05) is 48.0 Å². The summed E-state index contributed by atoms with van der Waals surface area (Å²) < 4.78 is 34.3. The predicted molar refractivity (Wildman–Crippen MR) is 138 cm³/mol. The van der Waals surface area contributed by atoms with Crippen molar-refractivity contribution in [3.05, 3.63) is 87.9 Å². The summed E-state index contributed by atoms with van der Waals surface area (Å²) in [7, 11) is -3.86. The molecule has 35 heavy (non-hydrogen) atoms. The predicted octanol–water partition coefficient (Wildman–Crippen LogP) is 4.42. The minimum Gasteiger partial charge on any atom is -0.503 e. The Bertz CT molecular complexity index is 1300. The number of aromatic hydroxyl groups is 1. The fourth-order valence-electron chi connectivity index (χ4n) is 3.23. The first-order valence-electron chi connectivity index (χ1n) is 10.8. The number of benzene rings is 3. The second-order valence-corrected chi connectivity index (χ2v) is 10.2. The van der Waals surface area contributed by atoms with Gasteiger partial charge in [-0.3, -0.25) is 4.79 Å². The van der Waals surface area contributed by atoms with Gasteiger partial charge in [-0.05, 0) is 65.2 Å². The molecule has 0 saturated carbocycles. The van der Waals surface area contributed by atoms with Crippen LogP contribution in [0.1, 0.15) is 36.1 Å². The lowest BCUT2D eigenvalue weighted by Gasteiger charge is -2.18. The quantitative estimate of drug-likeness (QED) is 0.251. The molecule has 3 aromatic carbocycles. The fraction of sp³-hybridized carbons (Fsp3) is 0.200. The fourth-order valence-corrected chi connectivity index (χ4v) is 4.91. The molecule has 0 bridgehead atoms. The number of carbonyl (C=O) groups excluding carboxylic acids is 1. The van der Waals surface area contributed by atoms with Gasteiger partial charge in [0.1, 0.15) is 0 Å². The van der Waals surface area contributed by atoms with Crippen LogP contribution in [-0.4, -0.2) is 32.3 Å². The van der Waals surface area contributed by atoms with E-state index < -0.39 is 22.0 Å². The third-order valence-corrected chi connectivity index (χ3v) is 7.07. The maximum atomic E-state index is 12.9. The largest absolute Gasteiger partial charge is 0.503 e. The number of ether oxygens (including phenoxy) is 1. The van der Waals surface area contributed by atoms with Crippen molar-refractivity contribution in [2.45, 2.75) is 31.2 Å². The first-order chi connectivity index (χ1) is 16.7. The molecular formula is C25H26BrN3O5S. The van der Waals surface area contributed by atoms with Crippen molar-refractivity contribution in [2.24, 2.45) is 5.10 Å². The van der Waals surface area contributed by atoms with Gasteiger partial charge in [0.15, 0.2) is 11.5 Å². The van der Waals surface area contributed by atoms with Crippen molar-refractivity contribution >= 4 is 38.1 Å². The third kappa shape index (κ3) is 7.38. The highest BCUT2D eigenvalue weighted by atomic mass is 79.9. The van der Waals surface area contributed by atoms with E-state index in [1.165, 1.54) is 18.3 Å². The summed E-state index contributed by atoms with van der Waals surface area (Å²) in [6.07, 6.45) is 1.23. The molecule has 1 amide bonds. The van der Waals surface area contributed by atoms with Crippen LogP contribution in [0, 0.1) is 6.92 Å². The SMILES string of the molecule is CCOc1cc(/C=N\NC(=O)C[C@H](NS(=O)(=O)c2ccc(C)cc2)c2ccccc2)cc(Br)c1O. The van der Waals surface area contributed by atoms with Crippen LogP contribution < -0.4 is 14.9 Å². The molecule has 0 spiro atoms. The van der Waals surface area contributed by atoms with Gasteiger partial charge in [-0.15, -0.1) is 0 Å². The van der Waals surface area contributed by atoms with E-state index in [9.17, 15) is 18.3 Å². The molecule has 0 aliphatic rings. The Balaban J connectivity index is 1.74. The highest BCUT2D eigenvalue weighted by molar-refractivity contribution is 9.10. The van der Waals surface area contributed by atoms with E-state index in [1.807, 2.05) is 13.0 Å². The summed E-state index contributed by atoms with van der Waals surface area (Å²) in [5.41, 5.74) is 4.59. The molecule has 184 valence electrons. The van der Waals surface area contributed by atoms with Crippen LogP contribution in [0.3, 0.4) is 0 Å². The van der Waals surface area contributed by atoms with Gasteiger partial charge in [0.2, 0.25) is 15.9 Å². The lowest BCUT2D eigenvalue weighted by atomic mass is 10.0. The number of hydrogen-bond donors (Lipinski definition) is 3. The van der Waals surface area contributed by atoms with Gasteiger partial charge in [-0.25, -0.2) is 18.6 Å². The maximum Gasteiger partial charge on any atom is 0.242 e. The van der Waals surface area contributed by atoms with Crippen LogP contribution in [0.15, 0.2) is 81.2 Å². The molecule has 0 radical (unpaired) electrons. The Morgan fingerprint density at radius 3 is 2.49 bits per heavy atom. The second-order valence-electron chi connectivity index (χ2n) is 7.68. The van der Waals surface area contributed by atoms with Gasteiger partial charge in [0, 0.05) is 6.42 Å². The average Bonchev–Trinajstić information content (AvgIpc) is 2.82. The van der Waals surface area contributed by atoms with Crippen LogP contribution in [0.25, 0.3) is 0 Å².